The van der Waals surface area contributed by atoms with Crippen molar-refractivity contribution >= 4 is 6.03 Å². The van der Waals surface area contributed by atoms with Crippen molar-refractivity contribution in [3.8, 4) is 0 Å². The molecule has 1 aliphatic heterocycles. The molecule has 0 fully saturated rings. The van der Waals surface area contributed by atoms with Crippen LogP contribution in [0, 0.1) is 23.7 Å². The Labute approximate surface area is 145 Å². The number of hydrogen-bond acceptors (Lipinski definition) is 1. The normalized spacial score (nSPS) is 14.6. The maximum absolute atomic E-state index is 11.6. The van der Waals surface area contributed by atoms with Crippen LogP contribution >= 0.6 is 0 Å². The molecule has 3 nitrogen and oxygen atoms in total. The van der Waals surface area contributed by atoms with E-state index in [1.807, 2.05) is 20.0 Å². The fraction of sp³-hybridized carbons (Fsp3) is 0.750. The Morgan fingerprint density at radius 1 is 0.783 bits per heavy atom. The Hall–Kier alpha value is -1.25. The molecule has 0 radical (unpaired) electrons. The smallest absolute Gasteiger partial charge is 0.314 e. The molecule has 0 saturated heterocycles. The second-order valence-corrected chi connectivity index (χ2v) is 7.22. The SMILES string of the molecule is CC.CC(C)C.CC(C)C1=CNC(=O)NC(C(C)C)=C1C(C)C. The number of rotatable bonds is 3. The van der Waals surface area contributed by atoms with Crippen LogP contribution in [-0.4, -0.2) is 6.03 Å². The second kappa shape index (κ2) is 12.2. The van der Waals surface area contributed by atoms with Crippen LogP contribution in [0.2, 0.25) is 0 Å². The Bertz CT molecular complexity index is 399. The molecule has 0 aromatic rings. The summed E-state index contributed by atoms with van der Waals surface area (Å²) in [5.41, 5.74) is 3.55. The Morgan fingerprint density at radius 3 is 1.52 bits per heavy atom. The molecule has 1 heterocycles. The predicted octanol–water partition coefficient (Wildman–Crippen LogP) is 6.09. The third-order valence-electron chi connectivity index (χ3n) is 2.98. The zero-order valence-electron chi connectivity index (χ0n) is 17.3. The Morgan fingerprint density at radius 2 is 1.22 bits per heavy atom. The predicted molar refractivity (Wildman–Crippen MR) is 103 cm³/mol. The number of nitrogens with one attached hydrogen (secondary N) is 2. The number of urea groups is 1. The van der Waals surface area contributed by atoms with Gasteiger partial charge in [0, 0.05) is 11.9 Å². The molecule has 2 amide bonds. The van der Waals surface area contributed by atoms with Gasteiger partial charge < -0.3 is 10.6 Å². The molecule has 136 valence electrons. The van der Waals surface area contributed by atoms with E-state index in [9.17, 15) is 4.79 Å². The highest BCUT2D eigenvalue weighted by molar-refractivity contribution is 5.78. The van der Waals surface area contributed by atoms with E-state index >= 15 is 0 Å². The zero-order valence-corrected chi connectivity index (χ0v) is 17.3. The monoisotopic (exact) mass is 324 g/mol. The minimum absolute atomic E-state index is 0.137. The summed E-state index contributed by atoms with van der Waals surface area (Å²) >= 11 is 0. The highest BCUT2D eigenvalue weighted by Crippen LogP contribution is 2.31. The largest absolute Gasteiger partial charge is 0.322 e. The summed E-state index contributed by atoms with van der Waals surface area (Å²) in [6.45, 7) is 23.4. The molecule has 23 heavy (non-hydrogen) atoms. The van der Waals surface area contributed by atoms with Gasteiger partial charge in [-0.15, -0.1) is 0 Å². The number of carbonyl (C=O) groups is 1. The van der Waals surface area contributed by atoms with Crippen LogP contribution in [0.3, 0.4) is 0 Å². The molecule has 1 aliphatic rings. The van der Waals surface area contributed by atoms with Crippen LogP contribution in [0.1, 0.15) is 76.2 Å². The van der Waals surface area contributed by atoms with Crippen LogP contribution in [0.4, 0.5) is 4.79 Å². The third-order valence-corrected chi connectivity index (χ3v) is 2.98. The first kappa shape index (κ1) is 24.0. The average molecular weight is 325 g/mol. The van der Waals surface area contributed by atoms with Gasteiger partial charge >= 0.3 is 6.03 Å². The molecule has 0 spiro atoms. The van der Waals surface area contributed by atoms with Gasteiger partial charge in [0.2, 0.25) is 0 Å². The van der Waals surface area contributed by atoms with E-state index in [-0.39, 0.29) is 6.03 Å². The summed E-state index contributed by atoms with van der Waals surface area (Å²) in [6, 6.07) is -0.137. The molecule has 0 saturated carbocycles. The first-order chi connectivity index (χ1) is 10.6. The number of amides is 2. The van der Waals surface area contributed by atoms with Crippen LogP contribution in [0.25, 0.3) is 0 Å². The average Bonchev–Trinajstić information content (AvgIpc) is 2.59. The van der Waals surface area contributed by atoms with E-state index in [4.69, 9.17) is 0 Å². The van der Waals surface area contributed by atoms with Crippen LogP contribution in [0.15, 0.2) is 23.0 Å². The third kappa shape index (κ3) is 9.47. The molecule has 2 N–H and O–H groups in total. The van der Waals surface area contributed by atoms with Crippen molar-refractivity contribution in [3.05, 3.63) is 23.0 Å². The highest BCUT2D eigenvalue weighted by atomic mass is 16.2. The molecular formula is C20H40N2O. The Balaban J connectivity index is 0. The topological polar surface area (TPSA) is 41.1 Å². The molecule has 1 rings (SSSR count). The molecule has 0 aliphatic carbocycles. The van der Waals surface area contributed by atoms with Gasteiger partial charge in [-0.2, -0.15) is 0 Å². The van der Waals surface area contributed by atoms with E-state index < -0.39 is 0 Å². The molecule has 0 aromatic heterocycles. The van der Waals surface area contributed by atoms with E-state index in [0.717, 1.165) is 11.6 Å². The van der Waals surface area contributed by atoms with Crippen molar-refractivity contribution in [2.24, 2.45) is 23.7 Å². The number of carbonyl (C=O) groups excluding carboxylic acids is 1. The maximum Gasteiger partial charge on any atom is 0.322 e. The summed E-state index contributed by atoms with van der Waals surface area (Å²) in [4.78, 5) is 11.6. The minimum atomic E-state index is -0.137. The van der Waals surface area contributed by atoms with Crippen molar-refractivity contribution in [2.45, 2.75) is 76.2 Å². The summed E-state index contributed by atoms with van der Waals surface area (Å²) in [7, 11) is 0. The summed E-state index contributed by atoms with van der Waals surface area (Å²) in [6.07, 6.45) is 1.85. The standard InChI is InChI=1S/C14H24N2O.C4H10.C2H6/c1-8(2)11-7-15-14(17)16-13(10(5)6)12(11)9(3)4;1-4(2)3;1-2/h7-10H,1-6H3,(H2,15,16,17);4H,1-3H3;1-2H3. The first-order valence-corrected chi connectivity index (χ1v) is 9.09. The maximum atomic E-state index is 11.6. The van der Waals surface area contributed by atoms with Crippen molar-refractivity contribution in [3.63, 3.8) is 0 Å². The van der Waals surface area contributed by atoms with Crippen molar-refractivity contribution in [1.82, 2.24) is 10.6 Å². The van der Waals surface area contributed by atoms with Crippen LogP contribution in [0.5, 0.6) is 0 Å². The molecule has 0 aromatic carbocycles. The molecule has 0 atom stereocenters. The van der Waals surface area contributed by atoms with E-state index in [2.05, 4.69) is 72.9 Å². The minimum Gasteiger partial charge on any atom is -0.314 e. The van der Waals surface area contributed by atoms with Crippen molar-refractivity contribution < 1.29 is 4.79 Å². The van der Waals surface area contributed by atoms with Gasteiger partial charge in [-0.1, -0.05) is 76.2 Å². The number of allylic oxidation sites excluding steroid dienone is 3. The molecule has 0 unspecified atom stereocenters. The lowest BCUT2D eigenvalue weighted by molar-refractivity contribution is 0.245. The molecule has 3 heteroatoms. The fourth-order valence-electron chi connectivity index (χ4n) is 2.18. The fourth-order valence-corrected chi connectivity index (χ4v) is 2.18. The second-order valence-electron chi connectivity index (χ2n) is 7.22. The summed E-state index contributed by atoms with van der Waals surface area (Å²) in [5, 5.41) is 5.76. The zero-order chi connectivity index (χ0) is 18.7. The summed E-state index contributed by atoms with van der Waals surface area (Å²) in [5.74, 6) is 1.96. The summed E-state index contributed by atoms with van der Waals surface area (Å²) < 4.78 is 0. The van der Waals surface area contributed by atoms with E-state index in [1.165, 1.54) is 11.1 Å². The lowest BCUT2D eigenvalue weighted by atomic mass is 9.85. The van der Waals surface area contributed by atoms with Crippen molar-refractivity contribution in [2.75, 3.05) is 0 Å². The quantitative estimate of drug-likeness (QED) is 0.647. The van der Waals surface area contributed by atoms with Gasteiger partial charge in [0.25, 0.3) is 0 Å². The van der Waals surface area contributed by atoms with Gasteiger partial charge in [0.05, 0.1) is 0 Å². The van der Waals surface area contributed by atoms with Gasteiger partial charge in [0.15, 0.2) is 0 Å². The first-order valence-electron chi connectivity index (χ1n) is 9.09. The van der Waals surface area contributed by atoms with Crippen LogP contribution in [-0.2, 0) is 0 Å². The van der Waals surface area contributed by atoms with Gasteiger partial charge in [-0.05, 0) is 34.8 Å². The van der Waals surface area contributed by atoms with Gasteiger partial charge in [-0.25, -0.2) is 4.79 Å². The highest BCUT2D eigenvalue weighted by Gasteiger charge is 2.23. The van der Waals surface area contributed by atoms with Crippen molar-refractivity contribution in [1.29, 1.82) is 0 Å². The van der Waals surface area contributed by atoms with Gasteiger partial charge in [-0.3, -0.25) is 0 Å². The lowest BCUT2D eigenvalue weighted by Crippen LogP contribution is -2.32. The lowest BCUT2D eigenvalue weighted by Gasteiger charge is -2.23. The Kier molecular flexibility index (Phi) is 12.7. The molecular weight excluding hydrogens is 284 g/mol. The number of hydrogen-bond donors (Lipinski definition) is 2. The van der Waals surface area contributed by atoms with Gasteiger partial charge in [0.1, 0.15) is 0 Å². The van der Waals surface area contributed by atoms with E-state index in [0.29, 0.717) is 17.8 Å². The van der Waals surface area contributed by atoms with Crippen LogP contribution < -0.4 is 10.6 Å². The molecule has 0 bridgehead atoms. The van der Waals surface area contributed by atoms with E-state index in [1.54, 1.807) is 0 Å².